The first-order chi connectivity index (χ1) is 12.7. The molecule has 5 nitrogen and oxygen atoms in total. The number of anilines is 1. The number of rotatable bonds is 5. The minimum Gasteiger partial charge on any atom is -0.350 e. The van der Waals surface area contributed by atoms with E-state index in [4.69, 9.17) is 16.3 Å². The van der Waals surface area contributed by atoms with Gasteiger partial charge in [0.1, 0.15) is 5.69 Å². The minimum absolute atomic E-state index is 0.199. The Morgan fingerprint density at radius 3 is 2.77 bits per heavy atom. The molecule has 1 unspecified atom stereocenters. The van der Waals surface area contributed by atoms with Gasteiger partial charge in [-0.25, -0.2) is 4.68 Å². The Morgan fingerprint density at radius 2 is 2.00 bits per heavy atom. The second-order valence-corrected chi connectivity index (χ2v) is 6.84. The van der Waals surface area contributed by atoms with E-state index in [1.807, 2.05) is 35.1 Å². The molecule has 1 aliphatic heterocycles. The Balaban J connectivity index is 1.52. The third kappa shape index (κ3) is 3.59. The van der Waals surface area contributed by atoms with Gasteiger partial charge in [0.05, 0.1) is 19.3 Å². The van der Waals surface area contributed by atoms with Gasteiger partial charge in [0.2, 0.25) is 0 Å². The topological polar surface area (TPSA) is 43.2 Å². The number of benzene rings is 2. The molecule has 1 aliphatic rings. The Hall–Kier alpha value is -2.37. The van der Waals surface area contributed by atoms with Gasteiger partial charge < -0.3 is 9.64 Å². The smallest absolute Gasteiger partial charge is 0.177 e. The molecule has 0 spiro atoms. The maximum atomic E-state index is 6.06. The minimum atomic E-state index is -0.199. The molecule has 134 valence electrons. The lowest BCUT2D eigenvalue weighted by Gasteiger charge is -2.23. The maximum absolute atomic E-state index is 6.06. The first-order valence-electron chi connectivity index (χ1n) is 8.84. The summed E-state index contributed by atoms with van der Waals surface area (Å²) < 4.78 is 7.75. The van der Waals surface area contributed by atoms with Crippen molar-refractivity contribution in [2.45, 2.75) is 26.1 Å². The molecule has 6 heteroatoms. The van der Waals surface area contributed by atoms with Crippen LogP contribution in [-0.4, -0.2) is 28.1 Å². The van der Waals surface area contributed by atoms with E-state index in [9.17, 15) is 0 Å². The number of aryl methyl sites for hydroxylation is 1. The van der Waals surface area contributed by atoms with Crippen molar-refractivity contribution >= 4 is 17.3 Å². The van der Waals surface area contributed by atoms with E-state index in [0.29, 0.717) is 13.2 Å². The van der Waals surface area contributed by atoms with Crippen molar-refractivity contribution in [3.8, 4) is 0 Å². The van der Waals surface area contributed by atoms with Crippen LogP contribution in [0, 0.1) is 0 Å². The van der Waals surface area contributed by atoms with Crippen molar-refractivity contribution in [2.24, 2.45) is 0 Å². The first kappa shape index (κ1) is 17.1. The molecule has 2 heterocycles. The van der Waals surface area contributed by atoms with Gasteiger partial charge in [0, 0.05) is 17.3 Å². The number of hydrogen-bond donors (Lipinski definition) is 0. The van der Waals surface area contributed by atoms with Gasteiger partial charge in [-0.1, -0.05) is 48.0 Å². The van der Waals surface area contributed by atoms with E-state index in [2.05, 4.69) is 46.4 Å². The van der Waals surface area contributed by atoms with E-state index >= 15 is 0 Å². The lowest BCUT2D eigenvalue weighted by molar-refractivity contribution is 0.110. The summed E-state index contributed by atoms with van der Waals surface area (Å²) in [6, 6.07) is 16.4. The van der Waals surface area contributed by atoms with Gasteiger partial charge in [0.25, 0.3) is 0 Å². The highest BCUT2D eigenvalue weighted by Gasteiger charge is 2.29. The Morgan fingerprint density at radius 1 is 1.15 bits per heavy atom. The molecule has 1 aromatic heterocycles. The summed E-state index contributed by atoms with van der Waals surface area (Å²) in [5.74, 6) is 0. The Kier molecular flexibility index (Phi) is 4.91. The molecule has 2 aromatic carbocycles. The van der Waals surface area contributed by atoms with Crippen LogP contribution in [0.2, 0.25) is 5.02 Å². The molecule has 0 amide bonds. The van der Waals surface area contributed by atoms with Gasteiger partial charge in [-0.3, -0.25) is 0 Å². The SMILES string of the molecule is CCc1ccc(N2CCOC2c2cn(Cc3cccc(Cl)c3)nn2)cc1. The zero-order chi connectivity index (χ0) is 17.9. The summed E-state index contributed by atoms with van der Waals surface area (Å²) in [6.07, 6.45) is 2.79. The van der Waals surface area contributed by atoms with Crippen molar-refractivity contribution in [1.82, 2.24) is 15.0 Å². The molecule has 0 saturated carbocycles. The molecule has 0 bridgehead atoms. The third-order valence-electron chi connectivity index (χ3n) is 4.61. The number of hydrogen-bond acceptors (Lipinski definition) is 4. The van der Waals surface area contributed by atoms with Gasteiger partial charge in [-0.15, -0.1) is 5.10 Å². The lowest BCUT2D eigenvalue weighted by atomic mass is 10.1. The van der Waals surface area contributed by atoms with Crippen LogP contribution in [-0.2, 0) is 17.7 Å². The average Bonchev–Trinajstić information content (AvgIpc) is 3.31. The molecule has 0 aliphatic carbocycles. The summed E-state index contributed by atoms with van der Waals surface area (Å²) in [6.45, 7) is 4.32. The summed E-state index contributed by atoms with van der Waals surface area (Å²) in [5.41, 5.74) is 4.39. The average molecular weight is 369 g/mol. The number of ether oxygens (including phenoxy) is 1. The van der Waals surface area contributed by atoms with Crippen LogP contribution in [0.4, 0.5) is 5.69 Å². The van der Waals surface area contributed by atoms with Crippen LogP contribution in [0.3, 0.4) is 0 Å². The molecule has 1 saturated heterocycles. The molecule has 26 heavy (non-hydrogen) atoms. The first-order valence-corrected chi connectivity index (χ1v) is 9.22. The fourth-order valence-electron chi connectivity index (χ4n) is 3.23. The Bertz CT molecular complexity index is 878. The van der Waals surface area contributed by atoms with Crippen LogP contribution >= 0.6 is 11.6 Å². The van der Waals surface area contributed by atoms with Crippen molar-refractivity contribution in [2.75, 3.05) is 18.1 Å². The van der Waals surface area contributed by atoms with Crippen LogP contribution in [0.25, 0.3) is 0 Å². The number of aromatic nitrogens is 3. The third-order valence-corrected chi connectivity index (χ3v) is 4.85. The highest BCUT2D eigenvalue weighted by atomic mass is 35.5. The van der Waals surface area contributed by atoms with E-state index in [0.717, 1.165) is 34.9 Å². The monoisotopic (exact) mass is 368 g/mol. The normalized spacial score (nSPS) is 17.0. The summed E-state index contributed by atoms with van der Waals surface area (Å²) in [7, 11) is 0. The van der Waals surface area contributed by atoms with Crippen LogP contribution < -0.4 is 4.90 Å². The number of nitrogens with zero attached hydrogens (tertiary/aromatic N) is 4. The highest BCUT2D eigenvalue weighted by Crippen LogP contribution is 2.31. The molecule has 4 rings (SSSR count). The quantitative estimate of drug-likeness (QED) is 0.680. The van der Waals surface area contributed by atoms with Gasteiger partial charge in [-0.05, 0) is 41.8 Å². The van der Waals surface area contributed by atoms with Gasteiger partial charge in [-0.2, -0.15) is 0 Å². The molecular formula is C20H21ClN4O. The fraction of sp³-hybridized carbons (Fsp3) is 0.300. The molecule has 1 fully saturated rings. The second kappa shape index (κ2) is 7.48. The lowest BCUT2D eigenvalue weighted by Crippen LogP contribution is -2.23. The highest BCUT2D eigenvalue weighted by molar-refractivity contribution is 6.30. The summed E-state index contributed by atoms with van der Waals surface area (Å²) >= 11 is 6.06. The number of halogens is 1. The predicted octanol–water partition coefficient (Wildman–Crippen LogP) is 4.08. The molecule has 0 N–H and O–H groups in total. The Labute approximate surface area is 158 Å². The van der Waals surface area contributed by atoms with Crippen LogP contribution in [0.5, 0.6) is 0 Å². The van der Waals surface area contributed by atoms with Gasteiger partial charge in [0.15, 0.2) is 6.23 Å². The summed E-state index contributed by atoms with van der Waals surface area (Å²) in [4.78, 5) is 2.23. The van der Waals surface area contributed by atoms with E-state index in [1.165, 1.54) is 5.56 Å². The zero-order valence-electron chi connectivity index (χ0n) is 14.7. The standard InChI is InChI=1S/C20H21ClN4O/c1-2-15-6-8-18(9-7-15)25-10-11-26-20(25)19-14-24(23-22-19)13-16-4-3-5-17(21)12-16/h3-9,12,14,20H,2,10-11,13H2,1H3. The molecule has 1 atom stereocenters. The van der Waals surface area contributed by atoms with E-state index in [1.54, 1.807) is 0 Å². The predicted molar refractivity (Wildman–Crippen MR) is 102 cm³/mol. The van der Waals surface area contributed by atoms with Gasteiger partial charge >= 0.3 is 0 Å². The molecule has 3 aromatic rings. The van der Waals surface area contributed by atoms with Crippen LogP contribution in [0.15, 0.2) is 54.7 Å². The fourth-order valence-corrected chi connectivity index (χ4v) is 3.44. The van der Waals surface area contributed by atoms with Crippen molar-refractivity contribution in [3.05, 3.63) is 76.6 Å². The van der Waals surface area contributed by atoms with Crippen molar-refractivity contribution in [1.29, 1.82) is 0 Å². The maximum Gasteiger partial charge on any atom is 0.177 e. The van der Waals surface area contributed by atoms with E-state index in [-0.39, 0.29) is 6.23 Å². The summed E-state index contributed by atoms with van der Waals surface area (Å²) in [5, 5.41) is 9.32. The molecular weight excluding hydrogens is 348 g/mol. The van der Waals surface area contributed by atoms with E-state index < -0.39 is 0 Å². The molecule has 0 radical (unpaired) electrons. The van der Waals surface area contributed by atoms with Crippen molar-refractivity contribution < 1.29 is 4.74 Å². The largest absolute Gasteiger partial charge is 0.350 e. The van der Waals surface area contributed by atoms with Crippen molar-refractivity contribution in [3.63, 3.8) is 0 Å². The van der Waals surface area contributed by atoms with Crippen LogP contribution in [0.1, 0.15) is 30.0 Å². The second-order valence-electron chi connectivity index (χ2n) is 6.41. The zero-order valence-corrected chi connectivity index (χ0v) is 15.4.